The van der Waals surface area contributed by atoms with E-state index in [1.165, 1.54) is 30.1 Å². The van der Waals surface area contributed by atoms with Crippen molar-refractivity contribution in [2.75, 3.05) is 19.8 Å². The van der Waals surface area contributed by atoms with Crippen LogP contribution in [0.1, 0.15) is 89.8 Å². The number of nitrogens with zero attached hydrogens (tertiary/aromatic N) is 3. The number of amides is 6. The van der Waals surface area contributed by atoms with E-state index in [-0.39, 0.29) is 37.2 Å². The van der Waals surface area contributed by atoms with E-state index in [4.69, 9.17) is 14.8 Å². The summed E-state index contributed by atoms with van der Waals surface area (Å²) in [6, 6.07) is 6.65. The summed E-state index contributed by atoms with van der Waals surface area (Å²) in [4.78, 5) is 97.6. The van der Waals surface area contributed by atoms with E-state index >= 15 is 0 Å². The van der Waals surface area contributed by atoms with Crippen molar-refractivity contribution >= 4 is 54.6 Å². The van der Waals surface area contributed by atoms with Crippen molar-refractivity contribution < 1.29 is 52.4 Å². The molecule has 19 nitrogen and oxygen atoms in total. The summed E-state index contributed by atoms with van der Waals surface area (Å²) in [6.07, 6.45) is 3.02. The maximum absolute atomic E-state index is 14.3. The van der Waals surface area contributed by atoms with Crippen LogP contribution in [0.4, 0.5) is 0 Å². The maximum Gasteiger partial charge on any atom is 0.472 e. The predicted octanol–water partition coefficient (Wildman–Crippen LogP) is 2.26. The molecule has 8 N–H and O–H groups in total. The van der Waals surface area contributed by atoms with Gasteiger partial charge in [-0.3, -0.25) is 37.8 Å². The van der Waals surface area contributed by atoms with E-state index in [0.717, 1.165) is 10.4 Å². The summed E-state index contributed by atoms with van der Waals surface area (Å²) >= 11 is 1.43. The molecule has 0 saturated carbocycles. The largest absolute Gasteiger partial charge is 0.472 e. The van der Waals surface area contributed by atoms with Crippen LogP contribution in [0.3, 0.4) is 0 Å². The molecule has 1 aromatic carbocycles. The molecule has 352 valence electrons. The van der Waals surface area contributed by atoms with Gasteiger partial charge < -0.3 is 46.5 Å². The molecule has 0 aliphatic carbocycles. The second-order valence-corrected chi connectivity index (χ2v) is 19.4. The highest BCUT2D eigenvalue weighted by molar-refractivity contribution is 7.47. The third-order valence-corrected chi connectivity index (χ3v) is 13.5. The number of thiophene rings is 1. The fraction of sp³-hybridized carbons (Fsp3) is 0.558. The number of aliphatic hydroxyl groups is 1. The molecule has 6 amide bonds. The normalized spacial score (nSPS) is 17.9. The third-order valence-electron chi connectivity index (χ3n) is 11.4. The molecule has 0 radical (unpaired) electrons. The van der Waals surface area contributed by atoms with Crippen molar-refractivity contribution in [2.24, 2.45) is 11.7 Å². The average Bonchev–Trinajstić information content (AvgIpc) is 4.04. The first-order chi connectivity index (χ1) is 30.1. The van der Waals surface area contributed by atoms with Crippen LogP contribution < -0.4 is 27.0 Å². The SMILES string of the molecule is CC(=O)N1CCCC1C(=O)NC(CC(C)C)C(=O)NC(Cc1cncn1C(C)(C)C(C)c1ccccc1)C(=O)NC(CO)C(=O)NC(C(N)=O)C(C)OP(=O)(O)OCCc1cccs1. The van der Waals surface area contributed by atoms with Gasteiger partial charge in [0, 0.05) is 54.5 Å². The first-order valence-electron chi connectivity index (χ1n) is 21.3. The maximum atomic E-state index is 14.3. The highest BCUT2D eigenvalue weighted by Crippen LogP contribution is 2.45. The monoisotopic (exact) mass is 930 g/mol. The fourth-order valence-electron chi connectivity index (χ4n) is 7.59. The number of aliphatic hydroxyl groups excluding tert-OH is 1. The lowest BCUT2D eigenvalue weighted by molar-refractivity contribution is -0.139. The van der Waals surface area contributed by atoms with Crippen molar-refractivity contribution in [3.05, 3.63) is 76.5 Å². The van der Waals surface area contributed by atoms with Gasteiger partial charge in [-0.2, -0.15) is 0 Å². The summed E-state index contributed by atoms with van der Waals surface area (Å²) in [7, 11) is -4.76. The molecule has 0 spiro atoms. The Labute approximate surface area is 377 Å². The number of carbonyl (C=O) groups is 6. The van der Waals surface area contributed by atoms with E-state index < -0.39 is 85.8 Å². The second kappa shape index (κ2) is 23.3. The highest BCUT2D eigenvalue weighted by Gasteiger charge is 2.39. The van der Waals surface area contributed by atoms with Crippen LogP contribution in [-0.2, 0) is 60.8 Å². The quantitative estimate of drug-likeness (QED) is 0.0638. The molecular weight excluding hydrogens is 868 g/mol. The number of phosphoric acid groups is 1. The zero-order chi connectivity index (χ0) is 47.4. The average molecular weight is 931 g/mol. The number of primary amides is 1. The van der Waals surface area contributed by atoms with Crippen LogP contribution in [-0.4, -0.2) is 116 Å². The molecule has 3 aromatic rings. The van der Waals surface area contributed by atoms with Gasteiger partial charge in [-0.15, -0.1) is 11.3 Å². The van der Waals surface area contributed by atoms with E-state index in [0.29, 0.717) is 31.5 Å². The van der Waals surface area contributed by atoms with Gasteiger partial charge in [0.25, 0.3) is 0 Å². The Morgan fingerprint density at radius 3 is 2.22 bits per heavy atom. The van der Waals surface area contributed by atoms with Crippen LogP contribution in [0.2, 0.25) is 0 Å². The molecule has 21 heteroatoms. The van der Waals surface area contributed by atoms with Gasteiger partial charge in [0.05, 0.1) is 25.6 Å². The Morgan fingerprint density at radius 2 is 1.61 bits per heavy atom. The molecule has 8 atom stereocenters. The number of imidazole rings is 1. The molecule has 1 aliphatic heterocycles. The topological polar surface area (TPSA) is 274 Å². The van der Waals surface area contributed by atoms with E-state index in [2.05, 4.69) is 33.2 Å². The summed E-state index contributed by atoms with van der Waals surface area (Å²) in [5.74, 6) is -4.84. The van der Waals surface area contributed by atoms with Crippen molar-refractivity contribution in [2.45, 2.75) is 128 Å². The first kappa shape index (κ1) is 51.7. The van der Waals surface area contributed by atoms with Gasteiger partial charge in [-0.05, 0) is 63.0 Å². The third kappa shape index (κ3) is 14.3. The Bertz CT molecular complexity index is 2100. The number of hydrogen-bond acceptors (Lipinski definition) is 12. The minimum atomic E-state index is -4.76. The van der Waals surface area contributed by atoms with Gasteiger partial charge in [-0.1, -0.05) is 57.2 Å². The van der Waals surface area contributed by atoms with Crippen molar-refractivity contribution in [3.63, 3.8) is 0 Å². The van der Waals surface area contributed by atoms with Crippen LogP contribution >= 0.6 is 19.2 Å². The number of nitrogens with one attached hydrogen (secondary N) is 4. The van der Waals surface area contributed by atoms with Gasteiger partial charge in [0.15, 0.2) is 0 Å². The number of carbonyl (C=O) groups excluding carboxylic acids is 6. The molecule has 8 unspecified atom stereocenters. The van der Waals surface area contributed by atoms with Crippen molar-refractivity contribution in [1.29, 1.82) is 0 Å². The van der Waals surface area contributed by atoms with Crippen molar-refractivity contribution in [3.8, 4) is 0 Å². The van der Waals surface area contributed by atoms with Gasteiger partial charge in [-0.25, -0.2) is 9.55 Å². The van der Waals surface area contributed by atoms with Gasteiger partial charge in [0.2, 0.25) is 35.4 Å². The zero-order valence-electron chi connectivity index (χ0n) is 37.4. The standard InChI is InChI=1S/C43H63N8O11PS/c1-26(2)21-33(47-42(58)36-16-11-18-50(36)29(5)53)39(55)46-34(22-31-23-45-25-51(31)43(6,7)27(3)30-13-9-8-10-14-30)40(56)48-35(24-52)41(57)49-37(38(44)54)28(4)62-63(59,60)61-19-17-32-15-12-20-64-32/h8-10,12-15,20,23,25-28,33-37,52H,11,16-19,21-22,24H2,1-7H3,(H2,44,54)(H,46,55)(H,47,58)(H,48,56)(H,49,57)(H,59,60). The molecule has 0 bridgehead atoms. The number of aromatic nitrogens is 2. The van der Waals surface area contributed by atoms with Crippen LogP contribution in [0.5, 0.6) is 0 Å². The van der Waals surface area contributed by atoms with E-state index in [9.17, 15) is 43.3 Å². The predicted molar refractivity (Wildman–Crippen MR) is 238 cm³/mol. The number of phosphoric ester groups is 1. The summed E-state index contributed by atoms with van der Waals surface area (Å²) in [5.41, 5.74) is 6.50. The minimum Gasteiger partial charge on any atom is -0.394 e. The Kier molecular flexibility index (Phi) is 18.8. The number of likely N-dealkylation sites (tertiary alicyclic amines) is 1. The van der Waals surface area contributed by atoms with Crippen LogP contribution in [0.15, 0.2) is 60.4 Å². The van der Waals surface area contributed by atoms with Gasteiger partial charge >= 0.3 is 7.82 Å². The molecule has 2 aromatic heterocycles. The lowest BCUT2D eigenvalue weighted by atomic mass is 9.83. The first-order valence-corrected chi connectivity index (χ1v) is 23.7. The van der Waals surface area contributed by atoms with Crippen LogP contribution in [0.25, 0.3) is 0 Å². The lowest BCUT2D eigenvalue weighted by Crippen LogP contribution is -2.61. The van der Waals surface area contributed by atoms with Crippen LogP contribution in [0, 0.1) is 5.92 Å². The zero-order valence-corrected chi connectivity index (χ0v) is 39.1. The lowest BCUT2D eigenvalue weighted by Gasteiger charge is -2.36. The molecule has 1 fully saturated rings. The molecule has 1 saturated heterocycles. The van der Waals surface area contributed by atoms with Crippen molar-refractivity contribution in [1.82, 2.24) is 35.7 Å². The summed E-state index contributed by atoms with van der Waals surface area (Å²) in [6.45, 7) is 11.6. The Morgan fingerprint density at radius 1 is 0.953 bits per heavy atom. The molecule has 3 heterocycles. The number of hydrogen-bond donors (Lipinski definition) is 7. The molecule has 4 rings (SSSR count). The van der Waals surface area contributed by atoms with Gasteiger partial charge in [0.1, 0.15) is 30.2 Å². The number of benzene rings is 1. The second-order valence-electron chi connectivity index (χ2n) is 16.9. The molecular formula is C43H63N8O11PS. The van der Waals surface area contributed by atoms with E-state index in [1.807, 2.05) is 80.1 Å². The summed E-state index contributed by atoms with van der Waals surface area (Å²) in [5, 5.41) is 22.5. The minimum absolute atomic E-state index is 0.0659. The van der Waals surface area contributed by atoms with E-state index in [1.54, 1.807) is 12.5 Å². The molecule has 1 aliphatic rings. The Hall–Kier alpha value is -4.98. The smallest absolute Gasteiger partial charge is 0.394 e. The number of nitrogens with two attached hydrogens (primary N) is 1. The fourth-order valence-corrected chi connectivity index (χ4v) is 9.20. The highest BCUT2D eigenvalue weighted by atomic mass is 32.1. The molecule has 64 heavy (non-hydrogen) atoms. The summed E-state index contributed by atoms with van der Waals surface area (Å²) < 4.78 is 24.8. The Balaban J connectivity index is 1.58. The number of rotatable bonds is 24.